The van der Waals surface area contributed by atoms with Crippen LogP contribution in [0.4, 0.5) is 5.69 Å². The molecule has 0 aliphatic rings. The molecular formula is C28H34N2O6. The third kappa shape index (κ3) is 8.70. The molecule has 0 bridgehead atoms. The standard InChI is InChI=1S/C28H34N2O6/c1-5-17-36-25(15-11-8-12-16-26(31)35-4)28(33)30(23-13-9-7-10-14-23)29-27(32)22-18-21(6-2)19-24(20-22)34-3/h5-7,9-10,13-14,18-20,25H,1-2,8,11-12,15-17H2,3-4H3,(H,29,32). The van der Waals surface area contributed by atoms with Gasteiger partial charge in [0.25, 0.3) is 11.8 Å². The molecule has 2 aromatic carbocycles. The number of unbranched alkanes of at least 4 members (excludes halogenated alkanes) is 2. The summed E-state index contributed by atoms with van der Waals surface area (Å²) in [7, 11) is 2.87. The van der Waals surface area contributed by atoms with Gasteiger partial charge in [-0.3, -0.25) is 19.8 Å². The van der Waals surface area contributed by atoms with E-state index in [1.165, 1.54) is 19.2 Å². The molecule has 0 radical (unpaired) electrons. The summed E-state index contributed by atoms with van der Waals surface area (Å²) in [5, 5.41) is 1.21. The number of methoxy groups -OCH3 is 2. The van der Waals surface area contributed by atoms with E-state index >= 15 is 0 Å². The van der Waals surface area contributed by atoms with Gasteiger partial charge in [-0.1, -0.05) is 49.8 Å². The molecule has 0 aromatic heterocycles. The first-order valence-electron chi connectivity index (χ1n) is 11.7. The van der Waals surface area contributed by atoms with Crippen LogP contribution in [0.3, 0.4) is 0 Å². The fourth-order valence-corrected chi connectivity index (χ4v) is 3.46. The zero-order valence-corrected chi connectivity index (χ0v) is 20.9. The van der Waals surface area contributed by atoms with Crippen molar-refractivity contribution in [2.45, 2.75) is 38.2 Å². The Hall–Kier alpha value is -3.91. The predicted molar refractivity (Wildman–Crippen MR) is 140 cm³/mol. The molecule has 0 heterocycles. The zero-order valence-electron chi connectivity index (χ0n) is 20.9. The van der Waals surface area contributed by atoms with Crippen molar-refractivity contribution in [3.63, 3.8) is 0 Å². The van der Waals surface area contributed by atoms with Gasteiger partial charge in [0, 0.05) is 12.0 Å². The van der Waals surface area contributed by atoms with Crippen LogP contribution in [0.1, 0.15) is 48.0 Å². The summed E-state index contributed by atoms with van der Waals surface area (Å²) in [6.07, 6.45) is 5.11. The highest BCUT2D eigenvalue weighted by molar-refractivity contribution is 6.03. The number of nitrogens with zero attached hydrogens (tertiary/aromatic N) is 1. The minimum Gasteiger partial charge on any atom is -0.497 e. The summed E-state index contributed by atoms with van der Waals surface area (Å²) in [5.41, 5.74) is 4.22. The van der Waals surface area contributed by atoms with E-state index in [-0.39, 0.29) is 12.6 Å². The number of rotatable bonds is 14. The number of benzene rings is 2. The molecule has 0 aliphatic carbocycles. The molecule has 0 saturated heterocycles. The highest BCUT2D eigenvalue weighted by Gasteiger charge is 2.28. The highest BCUT2D eigenvalue weighted by atomic mass is 16.5. The fraction of sp³-hybridized carbons (Fsp3) is 0.321. The summed E-state index contributed by atoms with van der Waals surface area (Å²) < 4.78 is 15.7. The number of hydrogen-bond acceptors (Lipinski definition) is 6. The molecule has 1 unspecified atom stereocenters. The monoisotopic (exact) mass is 494 g/mol. The van der Waals surface area contributed by atoms with E-state index in [0.29, 0.717) is 48.2 Å². The molecule has 8 nitrogen and oxygen atoms in total. The van der Waals surface area contributed by atoms with E-state index < -0.39 is 17.9 Å². The summed E-state index contributed by atoms with van der Waals surface area (Å²) in [6.45, 7) is 7.59. The number of hydrazine groups is 1. The summed E-state index contributed by atoms with van der Waals surface area (Å²) in [5.74, 6) is -0.680. The highest BCUT2D eigenvalue weighted by Crippen LogP contribution is 2.20. The van der Waals surface area contributed by atoms with Crippen molar-refractivity contribution in [1.29, 1.82) is 0 Å². The van der Waals surface area contributed by atoms with Crippen LogP contribution in [-0.2, 0) is 19.1 Å². The molecule has 192 valence electrons. The van der Waals surface area contributed by atoms with Crippen LogP contribution in [0.15, 0.2) is 67.8 Å². The molecule has 2 rings (SSSR count). The average molecular weight is 495 g/mol. The third-order valence-electron chi connectivity index (χ3n) is 5.38. The average Bonchev–Trinajstić information content (AvgIpc) is 2.92. The van der Waals surface area contributed by atoms with Crippen molar-refractivity contribution >= 4 is 29.5 Å². The van der Waals surface area contributed by atoms with Crippen molar-refractivity contribution in [3.05, 3.63) is 78.9 Å². The first kappa shape index (κ1) is 28.3. The van der Waals surface area contributed by atoms with E-state index in [4.69, 9.17) is 9.47 Å². The van der Waals surface area contributed by atoms with Crippen molar-refractivity contribution in [2.24, 2.45) is 0 Å². The van der Waals surface area contributed by atoms with Gasteiger partial charge in [-0.2, -0.15) is 0 Å². The van der Waals surface area contributed by atoms with E-state index in [1.54, 1.807) is 54.6 Å². The maximum Gasteiger partial charge on any atom is 0.305 e. The number of anilines is 1. The molecule has 0 saturated carbocycles. The van der Waals surface area contributed by atoms with Crippen molar-refractivity contribution in [1.82, 2.24) is 5.43 Å². The number of carbonyl (C=O) groups excluding carboxylic acids is 3. The van der Waals surface area contributed by atoms with Gasteiger partial charge in [-0.05, 0) is 48.7 Å². The Morgan fingerprint density at radius 2 is 1.78 bits per heavy atom. The second-order valence-corrected chi connectivity index (χ2v) is 7.94. The zero-order chi connectivity index (χ0) is 26.3. The van der Waals surface area contributed by atoms with E-state index in [9.17, 15) is 14.4 Å². The smallest absolute Gasteiger partial charge is 0.305 e. The van der Waals surface area contributed by atoms with Gasteiger partial charge in [0.15, 0.2) is 0 Å². The minimum atomic E-state index is -0.823. The molecule has 36 heavy (non-hydrogen) atoms. The second kappa shape index (κ2) is 15.2. The first-order chi connectivity index (χ1) is 17.4. The van der Waals surface area contributed by atoms with E-state index in [1.807, 2.05) is 6.07 Å². The fourth-order valence-electron chi connectivity index (χ4n) is 3.46. The molecule has 0 spiro atoms. The predicted octanol–water partition coefficient (Wildman–Crippen LogP) is 4.71. The number of esters is 1. The maximum absolute atomic E-state index is 13.6. The Labute approximate surface area is 212 Å². The SMILES string of the molecule is C=CCOC(CCCCCC(=O)OC)C(=O)N(NC(=O)c1cc(C=C)cc(OC)c1)c1ccccc1. The molecule has 0 aliphatic heterocycles. The summed E-state index contributed by atoms with van der Waals surface area (Å²) in [4.78, 5) is 38.2. The Bertz CT molecular complexity index is 1040. The molecule has 1 atom stereocenters. The first-order valence-corrected chi connectivity index (χ1v) is 11.7. The van der Waals surface area contributed by atoms with Crippen LogP contribution >= 0.6 is 0 Å². The summed E-state index contributed by atoms with van der Waals surface area (Å²) in [6, 6.07) is 13.8. The van der Waals surface area contributed by atoms with Crippen LogP contribution in [0, 0.1) is 0 Å². The minimum absolute atomic E-state index is 0.174. The van der Waals surface area contributed by atoms with Crippen molar-refractivity contribution in [2.75, 3.05) is 25.8 Å². The number of nitrogens with one attached hydrogen (secondary N) is 1. The normalized spacial score (nSPS) is 11.2. The van der Waals surface area contributed by atoms with Gasteiger partial charge in [0.2, 0.25) is 0 Å². The van der Waals surface area contributed by atoms with Crippen LogP contribution in [-0.4, -0.2) is 44.7 Å². The van der Waals surface area contributed by atoms with Gasteiger partial charge < -0.3 is 14.2 Å². The lowest BCUT2D eigenvalue weighted by molar-refractivity contribution is -0.140. The van der Waals surface area contributed by atoms with Crippen molar-refractivity contribution in [3.8, 4) is 5.75 Å². The molecule has 0 fully saturated rings. The van der Waals surface area contributed by atoms with Gasteiger partial charge in [0.05, 0.1) is 26.5 Å². The number of para-hydroxylation sites is 1. The van der Waals surface area contributed by atoms with Crippen LogP contribution < -0.4 is 15.2 Å². The number of carbonyl (C=O) groups is 3. The van der Waals surface area contributed by atoms with Gasteiger partial charge in [0.1, 0.15) is 11.9 Å². The lowest BCUT2D eigenvalue weighted by Crippen LogP contribution is -2.51. The largest absolute Gasteiger partial charge is 0.497 e. The number of amides is 2. The Morgan fingerprint density at radius 3 is 2.42 bits per heavy atom. The molecule has 2 aromatic rings. The van der Waals surface area contributed by atoms with Crippen molar-refractivity contribution < 1.29 is 28.6 Å². The van der Waals surface area contributed by atoms with E-state index in [2.05, 4.69) is 23.3 Å². The Kier molecular flexibility index (Phi) is 11.9. The number of ether oxygens (including phenoxy) is 3. The molecule has 2 amide bonds. The summed E-state index contributed by atoms with van der Waals surface area (Å²) >= 11 is 0. The topological polar surface area (TPSA) is 94.2 Å². The second-order valence-electron chi connectivity index (χ2n) is 7.94. The lowest BCUT2D eigenvalue weighted by atomic mass is 10.1. The Morgan fingerprint density at radius 1 is 1.03 bits per heavy atom. The van der Waals surface area contributed by atoms with Crippen LogP contribution in [0.25, 0.3) is 6.08 Å². The third-order valence-corrected chi connectivity index (χ3v) is 5.38. The number of hydrogen-bond donors (Lipinski definition) is 1. The Balaban J connectivity index is 2.24. The van der Waals surface area contributed by atoms with Gasteiger partial charge >= 0.3 is 5.97 Å². The van der Waals surface area contributed by atoms with Gasteiger partial charge in [-0.15, -0.1) is 6.58 Å². The van der Waals surface area contributed by atoms with E-state index in [0.717, 1.165) is 6.42 Å². The van der Waals surface area contributed by atoms with Gasteiger partial charge in [-0.25, -0.2) is 5.01 Å². The van der Waals surface area contributed by atoms with Crippen LogP contribution in [0.5, 0.6) is 5.75 Å². The maximum atomic E-state index is 13.6. The molecular weight excluding hydrogens is 460 g/mol. The quantitative estimate of drug-likeness (QED) is 0.177. The lowest BCUT2D eigenvalue weighted by Gasteiger charge is -2.28. The van der Waals surface area contributed by atoms with Crippen LogP contribution in [0.2, 0.25) is 0 Å². The molecule has 8 heteroatoms. The molecule has 1 N–H and O–H groups in total.